The van der Waals surface area contributed by atoms with E-state index in [9.17, 15) is 14.7 Å². The van der Waals surface area contributed by atoms with E-state index in [0.717, 1.165) is 49.2 Å². The second-order valence-electron chi connectivity index (χ2n) is 11.1. The van der Waals surface area contributed by atoms with Crippen LogP contribution < -0.4 is 5.32 Å². The van der Waals surface area contributed by atoms with Gasteiger partial charge < -0.3 is 39.0 Å². The first-order valence-corrected chi connectivity index (χ1v) is 14.3. The molecule has 2 aromatic carbocycles. The van der Waals surface area contributed by atoms with Crippen molar-refractivity contribution in [3.63, 3.8) is 0 Å². The number of likely N-dealkylation sites (tertiary alicyclic amines) is 1. The molecular formula is C31H40N2O8. The van der Waals surface area contributed by atoms with E-state index in [-0.39, 0.29) is 24.7 Å². The van der Waals surface area contributed by atoms with Gasteiger partial charge in [-0.2, -0.15) is 0 Å². The number of aliphatic hydroxyl groups is 1. The quantitative estimate of drug-likeness (QED) is 0.460. The summed E-state index contributed by atoms with van der Waals surface area (Å²) >= 11 is 0. The van der Waals surface area contributed by atoms with Crippen molar-refractivity contribution in [3.05, 3.63) is 65.2 Å². The number of piperidine rings is 1. The largest absolute Gasteiger partial charge is 0.453 e. The van der Waals surface area contributed by atoms with E-state index < -0.39 is 30.1 Å². The minimum absolute atomic E-state index is 0.0118. The molecule has 3 heterocycles. The third-order valence-electron chi connectivity index (χ3n) is 8.16. The lowest BCUT2D eigenvalue weighted by Crippen LogP contribution is -2.50. The average molecular weight is 569 g/mol. The first kappa shape index (κ1) is 29.6. The Labute approximate surface area is 240 Å². The van der Waals surface area contributed by atoms with Crippen LogP contribution in [-0.2, 0) is 39.9 Å². The number of benzene rings is 2. The molecule has 0 aromatic heterocycles. The molecule has 10 heteroatoms. The smallest absolute Gasteiger partial charge is 0.303 e. The van der Waals surface area contributed by atoms with E-state index in [1.54, 1.807) is 12.1 Å². The summed E-state index contributed by atoms with van der Waals surface area (Å²) < 4.78 is 29.9. The van der Waals surface area contributed by atoms with Gasteiger partial charge in [-0.15, -0.1) is 0 Å². The first-order valence-electron chi connectivity index (χ1n) is 14.3. The third-order valence-corrected chi connectivity index (χ3v) is 8.16. The van der Waals surface area contributed by atoms with Crippen molar-refractivity contribution in [2.45, 2.75) is 70.6 Å². The van der Waals surface area contributed by atoms with Gasteiger partial charge in [0.25, 0.3) is 5.91 Å². The first-order chi connectivity index (χ1) is 19.7. The van der Waals surface area contributed by atoms with E-state index in [1.165, 1.54) is 13.8 Å². The van der Waals surface area contributed by atoms with Crippen LogP contribution in [0.1, 0.15) is 62.7 Å². The van der Waals surface area contributed by atoms with Crippen LogP contribution in [-0.4, -0.2) is 72.7 Å². The highest BCUT2D eigenvalue weighted by Crippen LogP contribution is 2.42. The Morgan fingerprint density at radius 3 is 2.27 bits per heavy atom. The summed E-state index contributed by atoms with van der Waals surface area (Å²) in [6, 6.07) is 15.2. The Balaban J connectivity index is 1.30. The van der Waals surface area contributed by atoms with Gasteiger partial charge in [0.2, 0.25) is 0 Å². The monoisotopic (exact) mass is 568 g/mol. The maximum absolute atomic E-state index is 12.4. The van der Waals surface area contributed by atoms with E-state index in [1.807, 2.05) is 36.4 Å². The molecule has 3 saturated heterocycles. The van der Waals surface area contributed by atoms with Gasteiger partial charge in [0.15, 0.2) is 18.2 Å². The van der Waals surface area contributed by atoms with Gasteiger partial charge in [0.1, 0.15) is 0 Å². The number of ether oxygens (including phenoxy) is 5. The zero-order valence-electron chi connectivity index (χ0n) is 23.9. The topological polar surface area (TPSA) is 116 Å². The van der Waals surface area contributed by atoms with Crippen molar-refractivity contribution in [3.8, 4) is 0 Å². The zero-order valence-corrected chi connectivity index (χ0v) is 23.9. The Morgan fingerprint density at radius 2 is 1.66 bits per heavy atom. The average Bonchev–Trinajstić information content (AvgIpc) is 3.43. The molecule has 0 unspecified atom stereocenters. The Bertz CT molecular complexity index is 1170. The molecule has 10 nitrogen and oxygen atoms in total. The molecule has 222 valence electrons. The van der Waals surface area contributed by atoms with Crippen LogP contribution in [0.25, 0.3) is 0 Å². The molecule has 5 rings (SSSR count). The van der Waals surface area contributed by atoms with Gasteiger partial charge in [-0.05, 0) is 30.2 Å². The van der Waals surface area contributed by atoms with E-state index in [4.69, 9.17) is 23.7 Å². The minimum Gasteiger partial charge on any atom is -0.453 e. The van der Waals surface area contributed by atoms with Gasteiger partial charge in [-0.25, -0.2) is 0 Å². The molecule has 0 saturated carbocycles. The third kappa shape index (κ3) is 7.14. The number of aliphatic hydroxyl groups excluding tert-OH is 1. The number of rotatable bonds is 8. The summed E-state index contributed by atoms with van der Waals surface area (Å²) in [5, 5.41) is 12.3. The normalized spacial score (nSPS) is 26.9. The molecule has 2 aromatic rings. The number of nitrogens with zero attached hydrogens (tertiary/aromatic N) is 1. The molecule has 2 N–H and O–H groups in total. The molecule has 1 spiro atoms. The molecule has 0 aliphatic carbocycles. The fourth-order valence-corrected chi connectivity index (χ4v) is 5.71. The number of nitrogens with one attached hydrogen (secondary N) is 1. The maximum atomic E-state index is 12.4. The van der Waals surface area contributed by atoms with Crippen LogP contribution >= 0.6 is 0 Å². The van der Waals surface area contributed by atoms with E-state index in [0.29, 0.717) is 18.9 Å². The van der Waals surface area contributed by atoms with Gasteiger partial charge in [-0.3, -0.25) is 9.59 Å². The van der Waals surface area contributed by atoms with Crippen LogP contribution in [0, 0.1) is 5.92 Å². The van der Waals surface area contributed by atoms with Crippen LogP contribution in [0.15, 0.2) is 48.5 Å². The molecule has 3 fully saturated rings. The number of hydrogen-bond donors (Lipinski definition) is 2. The number of carbonyl (C=O) groups is 2. The van der Waals surface area contributed by atoms with Crippen LogP contribution in [0.4, 0.5) is 5.69 Å². The summed E-state index contributed by atoms with van der Waals surface area (Å²) in [4.78, 5) is 25.9. The zero-order chi connectivity index (χ0) is 29.0. The molecule has 5 atom stereocenters. The van der Waals surface area contributed by atoms with Crippen molar-refractivity contribution in [2.75, 3.05) is 38.2 Å². The number of anilines is 1. The summed E-state index contributed by atoms with van der Waals surface area (Å²) in [6.45, 7) is 8.75. The fraction of sp³-hybridized carbons (Fsp3) is 0.548. The molecule has 3 aliphatic heterocycles. The standard InChI is InChI=1S/C31H40N2O8/c1-20-27(18-33-14-12-31(13-15-33)37-16-17-38-31)40-30(41-28(20)24-6-4-23(19-34)5-7-24)25-8-10-26(11-9-25)32-29(36)21(2)39-22(3)35/h4-11,20-21,27-28,30,34H,12-19H2,1-3H3,(H,32,36)/t20-,21-,27+,28+,30+/m0/s1. The van der Waals surface area contributed by atoms with Gasteiger partial charge in [-0.1, -0.05) is 43.3 Å². The molecule has 0 radical (unpaired) electrons. The Kier molecular flexibility index (Phi) is 9.38. The van der Waals surface area contributed by atoms with Crippen molar-refractivity contribution >= 4 is 17.6 Å². The van der Waals surface area contributed by atoms with Crippen LogP contribution in [0.5, 0.6) is 0 Å². The minimum atomic E-state index is -0.895. The Morgan fingerprint density at radius 1 is 1.02 bits per heavy atom. The summed E-state index contributed by atoms with van der Waals surface area (Å²) in [5.74, 6) is -1.27. The lowest BCUT2D eigenvalue weighted by Gasteiger charge is -2.44. The lowest BCUT2D eigenvalue weighted by atomic mass is 9.89. The SMILES string of the molecule is CC(=O)O[C@@H](C)C(=O)Nc1ccc([C@@H]2O[C@H](CN3CCC4(CC3)OCCO4)[C@H](C)[C@H](c3ccc(CO)cc3)O2)cc1. The van der Waals surface area contributed by atoms with Crippen molar-refractivity contribution in [1.82, 2.24) is 4.90 Å². The van der Waals surface area contributed by atoms with E-state index >= 15 is 0 Å². The summed E-state index contributed by atoms with van der Waals surface area (Å²) in [5.41, 5.74) is 3.28. The van der Waals surface area contributed by atoms with Crippen LogP contribution in [0.2, 0.25) is 0 Å². The molecule has 3 aliphatic rings. The number of hydrogen-bond acceptors (Lipinski definition) is 9. The fourth-order valence-electron chi connectivity index (χ4n) is 5.71. The van der Waals surface area contributed by atoms with Crippen molar-refractivity contribution in [2.24, 2.45) is 5.92 Å². The highest BCUT2D eigenvalue weighted by Gasteiger charge is 2.43. The number of amides is 1. The molecular weight excluding hydrogens is 528 g/mol. The lowest BCUT2D eigenvalue weighted by molar-refractivity contribution is -0.278. The molecule has 0 bridgehead atoms. The van der Waals surface area contributed by atoms with Crippen LogP contribution in [0.3, 0.4) is 0 Å². The summed E-state index contributed by atoms with van der Waals surface area (Å²) in [7, 11) is 0. The second kappa shape index (κ2) is 13.0. The Hall–Kier alpha value is -2.86. The predicted octanol–water partition coefficient (Wildman–Crippen LogP) is 3.70. The van der Waals surface area contributed by atoms with Gasteiger partial charge in [0, 0.05) is 56.6 Å². The molecule has 1 amide bonds. The molecule has 41 heavy (non-hydrogen) atoms. The van der Waals surface area contributed by atoms with Gasteiger partial charge in [0.05, 0.1) is 32.0 Å². The second-order valence-corrected chi connectivity index (χ2v) is 11.1. The number of carbonyl (C=O) groups excluding carboxylic acids is 2. The highest BCUT2D eigenvalue weighted by atomic mass is 16.7. The summed E-state index contributed by atoms with van der Waals surface area (Å²) in [6.07, 6.45) is -0.144. The maximum Gasteiger partial charge on any atom is 0.303 e. The predicted molar refractivity (Wildman–Crippen MR) is 150 cm³/mol. The van der Waals surface area contributed by atoms with E-state index in [2.05, 4.69) is 17.1 Å². The van der Waals surface area contributed by atoms with Crippen molar-refractivity contribution in [1.29, 1.82) is 0 Å². The highest BCUT2D eigenvalue weighted by molar-refractivity contribution is 5.94. The number of esters is 1. The van der Waals surface area contributed by atoms with Gasteiger partial charge >= 0.3 is 5.97 Å². The van der Waals surface area contributed by atoms with Crippen molar-refractivity contribution < 1.29 is 38.4 Å².